The molecule has 1 fully saturated rings. The molecule has 0 aromatic rings. The van der Waals surface area contributed by atoms with E-state index in [-0.39, 0.29) is 0 Å². The van der Waals surface area contributed by atoms with Gasteiger partial charge in [0.05, 0.1) is 5.75 Å². The molecule has 0 amide bonds. The van der Waals surface area contributed by atoms with Crippen molar-refractivity contribution in [2.24, 2.45) is 11.8 Å². The van der Waals surface area contributed by atoms with Crippen LogP contribution in [0, 0.1) is 22.1 Å². The minimum atomic E-state index is -4.94. The Labute approximate surface area is 133 Å². The third kappa shape index (κ3) is 8.38. The largest absolute Gasteiger partial charge is 0.227 e. The zero-order valence-electron chi connectivity index (χ0n) is 12.9. The molecule has 1 heterocycles. The molecule has 7 heteroatoms. The van der Waals surface area contributed by atoms with Gasteiger partial charge in [0.25, 0.3) is 0 Å². The maximum Gasteiger partial charge on any atom is 0.207 e. The minimum absolute atomic E-state index is 0.953. The van der Waals surface area contributed by atoms with Crippen molar-refractivity contribution in [2.45, 2.75) is 52.4 Å². The molecule has 2 aliphatic rings. The second-order valence-corrected chi connectivity index (χ2v) is 7.80. The molecule has 2 rings (SSSR count). The molecule has 0 saturated heterocycles. The van der Waals surface area contributed by atoms with Gasteiger partial charge in [-0.15, -0.1) is 10.2 Å². The molecule has 0 radical (unpaired) electrons. The summed E-state index contributed by atoms with van der Waals surface area (Å²) < 4.78 is 36.6. The quantitative estimate of drug-likeness (QED) is 0.613. The van der Waals surface area contributed by atoms with Gasteiger partial charge in [0.15, 0.2) is 6.54 Å². The summed E-state index contributed by atoms with van der Waals surface area (Å²) in [7, 11) is -4.94. The average molecular weight is 340 g/mol. The summed E-state index contributed by atoms with van der Waals surface area (Å²) in [6.07, 6.45) is 8.82. The van der Waals surface area contributed by atoms with Crippen LogP contribution in [-0.4, -0.2) is 28.5 Å². The molecule has 0 N–H and O–H groups in total. The van der Waals surface area contributed by atoms with E-state index in [2.05, 4.69) is 18.4 Å². The molecule has 1 aliphatic heterocycles. The molecule has 21 heavy (non-hydrogen) atoms. The van der Waals surface area contributed by atoms with Crippen LogP contribution in [0.2, 0.25) is 0 Å². The fraction of sp³-hybridized carbons (Fsp3) is 0.929. The van der Waals surface area contributed by atoms with Crippen molar-refractivity contribution in [3.8, 4) is 0 Å². The van der Waals surface area contributed by atoms with Crippen LogP contribution in [0.1, 0.15) is 52.4 Å². The SMILES string of the molecule is CCC(C[N+]1=C(C)SCC1)C1CCCCC1.[O-][Cl+3]([O-])([O-])[O-]. The van der Waals surface area contributed by atoms with Gasteiger partial charge in [0.1, 0.15) is 6.54 Å². The zero-order valence-corrected chi connectivity index (χ0v) is 14.5. The summed E-state index contributed by atoms with van der Waals surface area (Å²) in [5.74, 6) is 3.29. The van der Waals surface area contributed by atoms with Gasteiger partial charge >= 0.3 is 0 Å². The average Bonchev–Trinajstić information content (AvgIpc) is 2.80. The Hall–Kier alpha value is 0.150. The monoisotopic (exact) mass is 339 g/mol. The molecule has 0 aromatic heterocycles. The molecule has 0 spiro atoms. The number of hydrogen-bond donors (Lipinski definition) is 0. The Kier molecular flexibility index (Phi) is 8.52. The number of thioether (sulfide) groups is 1. The number of hydrogen-bond acceptors (Lipinski definition) is 5. The lowest BCUT2D eigenvalue weighted by Crippen LogP contribution is -2.68. The van der Waals surface area contributed by atoms with Crippen LogP contribution in [0.25, 0.3) is 0 Å². The molecule has 1 aliphatic carbocycles. The number of nitrogens with zero attached hydrogens (tertiary/aromatic N) is 1. The number of rotatable bonds is 4. The Bertz CT molecular complexity index is 334. The van der Waals surface area contributed by atoms with E-state index in [1.54, 1.807) is 5.04 Å². The van der Waals surface area contributed by atoms with Gasteiger partial charge in [-0.05, 0) is 25.2 Å². The van der Waals surface area contributed by atoms with E-state index in [0.717, 1.165) is 11.8 Å². The molecule has 0 aromatic carbocycles. The third-order valence-corrected chi connectivity index (χ3v) is 5.48. The van der Waals surface area contributed by atoms with Crippen molar-refractivity contribution in [3.63, 3.8) is 0 Å². The van der Waals surface area contributed by atoms with E-state index in [1.807, 2.05) is 11.8 Å². The van der Waals surface area contributed by atoms with E-state index in [1.165, 1.54) is 57.4 Å². The van der Waals surface area contributed by atoms with Crippen LogP contribution < -0.4 is 18.6 Å². The van der Waals surface area contributed by atoms with Crippen LogP contribution in [-0.2, 0) is 0 Å². The zero-order chi connectivity index (χ0) is 15.9. The van der Waals surface area contributed by atoms with Gasteiger partial charge in [-0.3, -0.25) is 0 Å². The van der Waals surface area contributed by atoms with Gasteiger partial charge in [-0.2, -0.15) is 0 Å². The van der Waals surface area contributed by atoms with Crippen molar-refractivity contribution in [3.05, 3.63) is 0 Å². The van der Waals surface area contributed by atoms with E-state index in [0.29, 0.717) is 0 Å². The Morgan fingerprint density at radius 1 is 1.19 bits per heavy atom. The van der Waals surface area contributed by atoms with E-state index in [9.17, 15) is 0 Å². The van der Waals surface area contributed by atoms with E-state index >= 15 is 0 Å². The van der Waals surface area contributed by atoms with Gasteiger partial charge in [-0.25, -0.2) is 23.2 Å². The summed E-state index contributed by atoms with van der Waals surface area (Å²) in [6.45, 7) is 7.31. The molecule has 1 atom stereocenters. The van der Waals surface area contributed by atoms with E-state index in [4.69, 9.17) is 18.6 Å². The van der Waals surface area contributed by atoms with Crippen LogP contribution >= 0.6 is 11.8 Å². The van der Waals surface area contributed by atoms with Gasteiger partial charge in [-0.1, -0.05) is 37.9 Å². The Balaban J connectivity index is 0.000000383. The first-order valence-electron chi connectivity index (χ1n) is 7.64. The first-order valence-corrected chi connectivity index (χ1v) is 9.86. The molecule has 1 saturated carbocycles. The smallest absolute Gasteiger partial charge is 0.207 e. The maximum atomic E-state index is 8.49. The summed E-state index contributed by atoms with van der Waals surface area (Å²) in [6, 6.07) is 0. The topological polar surface area (TPSA) is 95.2 Å². The maximum absolute atomic E-state index is 8.49. The normalized spacial score (nSPS) is 22.0. The van der Waals surface area contributed by atoms with Crippen LogP contribution in [0.15, 0.2) is 0 Å². The van der Waals surface area contributed by atoms with E-state index < -0.39 is 10.2 Å². The Morgan fingerprint density at radius 2 is 1.76 bits per heavy atom. The second kappa shape index (κ2) is 9.33. The summed E-state index contributed by atoms with van der Waals surface area (Å²) in [5.41, 5.74) is 0. The first-order chi connectivity index (χ1) is 9.81. The predicted octanol–water partition coefficient (Wildman–Crippen LogP) is -0.985. The Morgan fingerprint density at radius 3 is 2.19 bits per heavy atom. The van der Waals surface area contributed by atoms with Gasteiger partial charge in [0.2, 0.25) is 5.04 Å². The lowest BCUT2D eigenvalue weighted by atomic mass is 9.78. The standard InChI is InChI=1S/C14H26NS.ClHO4/c1-3-13(14-7-5-4-6-8-14)11-15-9-10-16-12(15)2;2-1(3,4)5/h13-14H,3-11H2,1-2H3;(H,2,3,4,5)/q+1;/p-1. The summed E-state index contributed by atoms with van der Waals surface area (Å²) >= 11 is 2.05. The summed E-state index contributed by atoms with van der Waals surface area (Å²) in [5, 5.41) is 1.56. The fourth-order valence-corrected chi connectivity index (χ4v) is 4.23. The highest BCUT2D eigenvalue weighted by molar-refractivity contribution is 8.13. The molecular weight excluding hydrogens is 314 g/mol. The second-order valence-electron chi connectivity index (χ2n) is 5.76. The lowest BCUT2D eigenvalue weighted by Gasteiger charge is -2.28. The van der Waals surface area contributed by atoms with Crippen molar-refractivity contribution in [2.75, 3.05) is 18.8 Å². The molecular formula is C14H26ClNO4S. The van der Waals surface area contributed by atoms with Crippen molar-refractivity contribution in [1.82, 2.24) is 0 Å². The molecule has 5 nitrogen and oxygen atoms in total. The van der Waals surface area contributed by atoms with Crippen LogP contribution in [0.5, 0.6) is 0 Å². The molecule has 1 unspecified atom stereocenters. The van der Waals surface area contributed by atoms with Gasteiger partial charge in [0, 0.05) is 12.8 Å². The van der Waals surface area contributed by atoms with Crippen LogP contribution in [0.4, 0.5) is 0 Å². The van der Waals surface area contributed by atoms with Crippen LogP contribution in [0.3, 0.4) is 0 Å². The fourth-order valence-electron chi connectivity index (χ4n) is 3.27. The van der Waals surface area contributed by atoms with Gasteiger partial charge < -0.3 is 0 Å². The first kappa shape index (κ1) is 19.2. The number of halogens is 1. The molecule has 0 bridgehead atoms. The minimum Gasteiger partial charge on any atom is -0.227 e. The predicted molar refractivity (Wildman–Crippen MR) is 73.5 cm³/mol. The highest BCUT2D eigenvalue weighted by atomic mass is 35.7. The lowest BCUT2D eigenvalue weighted by molar-refractivity contribution is -2.00. The third-order valence-electron chi connectivity index (χ3n) is 4.41. The summed E-state index contributed by atoms with van der Waals surface area (Å²) in [4.78, 5) is 0. The van der Waals surface area contributed by atoms with Crippen molar-refractivity contribution in [1.29, 1.82) is 0 Å². The van der Waals surface area contributed by atoms with Crippen molar-refractivity contribution >= 4 is 16.8 Å². The highest BCUT2D eigenvalue weighted by Gasteiger charge is 2.28. The van der Waals surface area contributed by atoms with Crippen molar-refractivity contribution < 1.29 is 33.5 Å². The molecule has 124 valence electrons. The highest BCUT2D eigenvalue weighted by Crippen LogP contribution is 2.32.